The van der Waals surface area contributed by atoms with Crippen LogP contribution in [0.1, 0.15) is 64.5 Å². The molecule has 0 aromatic heterocycles. The van der Waals surface area contributed by atoms with Crippen molar-refractivity contribution < 1.29 is 0 Å². The Morgan fingerprint density at radius 2 is 1.86 bits per heavy atom. The van der Waals surface area contributed by atoms with Gasteiger partial charge in [0.2, 0.25) is 0 Å². The van der Waals surface area contributed by atoms with Crippen LogP contribution in [-0.4, -0.2) is 29.1 Å². The summed E-state index contributed by atoms with van der Waals surface area (Å²) in [7, 11) is 0. The maximum Gasteiger partial charge on any atom is 0.0478 e. The van der Waals surface area contributed by atoms with Crippen LogP contribution in [0.4, 0.5) is 0 Å². The second-order valence-electron chi connectivity index (χ2n) is 7.59. The second-order valence-corrected chi connectivity index (χ2v) is 7.59. The zero-order chi connectivity index (χ0) is 14.9. The highest BCUT2D eigenvalue weighted by atomic mass is 15.3. The Morgan fingerprint density at radius 3 is 2.48 bits per heavy atom. The first kappa shape index (κ1) is 15.1. The molecule has 2 fully saturated rings. The van der Waals surface area contributed by atoms with Gasteiger partial charge in [0.05, 0.1) is 0 Å². The summed E-state index contributed by atoms with van der Waals surface area (Å²) in [5.41, 5.74) is 2.11. The molecule has 1 saturated heterocycles. The monoisotopic (exact) mass is 286 g/mol. The molecule has 116 valence electrons. The van der Waals surface area contributed by atoms with E-state index in [9.17, 15) is 0 Å². The number of piperazine rings is 1. The Bertz CT molecular complexity index is 460. The van der Waals surface area contributed by atoms with Crippen molar-refractivity contribution in [3.63, 3.8) is 0 Å². The first-order valence-electron chi connectivity index (χ1n) is 8.63. The highest BCUT2D eigenvalue weighted by molar-refractivity contribution is 5.22. The van der Waals surface area contributed by atoms with Gasteiger partial charge >= 0.3 is 0 Å². The minimum Gasteiger partial charge on any atom is -0.308 e. The van der Waals surface area contributed by atoms with E-state index in [1.165, 1.54) is 44.2 Å². The summed E-state index contributed by atoms with van der Waals surface area (Å²) in [6.07, 6.45) is 6.69. The van der Waals surface area contributed by atoms with Crippen LogP contribution in [0.2, 0.25) is 0 Å². The normalized spacial score (nSPS) is 26.3. The number of nitrogens with zero attached hydrogens (tertiary/aromatic N) is 1. The van der Waals surface area contributed by atoms with Crippen LogP contribution < -0.4 is 5.32 Å². The van der Waals surface area contributed by atoms with E-state index in [1.807, 2.05) is 0 Å². The van der Waals surface area contributed by atoms with Crippen molar-refractivity contribution >= 4 is 0 Å². The van der Waals surface area contributed by atoms with E-state index in [1.54, 1.807) is 0 Å². The molecular weight excluding hydrogens is 256 g/mol. The second kappa shape index (κ2) is 5.73. The SMILES string of the molecule is CCC(C)(C)N1CC2(CCCC2)NCC1c1ccccc1. The smallest absolute Gasteiger partial charge is 0.0478 e. The molecule has 1 saturated carbocycles. The van der Waals surface area contributed by atoms with Crippen molar-refractivity contribution in [2.45, 2.75) is 70.0 Å². The van der Waals surface area contributed by atoms with Gasteiger partial charge < -0.3 is 5.32 Å². The minimum atomic E-state index is 0.262. The number of hydrogen-bond donors (Lipinski definition) is 1. The number of rotatable bonds is 3. The lowest BCUT2D eigenvalue weighted by Gasteiger charge is -2.53. The van der Waals surface area contributed by atoms with E-state index < -0.39 is 0 Å². The molecule has 1 spiro atoms. The lowest BCUT2D eigenvalue weighted by molar-refractivity contribution is -0.00217. The van der Waals surface area contributed by atoms with Crippen LogP contribution in [-0.2, 0) is 0 Å². The molecular formula is C19H30N2. The van der Waals surface area contributed by atoms with Gasteiger partial charge in [-0.2, -0.15) is 0 Å². The van der Waals surface area contributed by atoms with Crippen molar-refractivity contribution in [3.05, 3.63) is 35.9 Å². The van der Waals surface area contributed by atoms with Crippen molar-refractivity contribution in [1.29, 1.82) is 0 Å². The minimum absolute atomic E-state index is 0.262. The van der Waals surface area contributed by atoms with Crippen LogP contribution in [0.25, 0.3) is 0 Å². The summed E-state index contributed by atoms with van der Waals surface area (Å²) >= 11 is 0. The van der Waals surface area contributed by atoms with Crippen molar-refractivity contribution in [3.8, 4) is 0 Å². The molecule has 2 aliphatic rings. The Kier molecular flexibility index (Phi) is 4.11. The first-order chi connectivity index (χ1) is 10.1. The van der Waals surface area contributed by atoms with Crippen molar-refractivity contribution in [2.75, 3.05) is 13.1 Å². The molecule has 21 heavy (non-hydrogen) atoms. The fourth-order valence-corrected chi connectivity index (χ4v) is 4.11. The largest absolute Gasteiger partial charge is 0.308 e. The summed E-state index contributed by atoms with van der Waals surface area (Å²) in [4.78, 5) is 2.78. The molecule has 1 aliphatic carbocycles. The third kappa shape index (κ3) is 2.89. The molecule has 0 amide bonds. The molecule has 1 atom stereocenters. The first-order valence-corrected chi connectivity index (χ1v) is 8.63. The zero-order valence-electron chi connectivity index (χ0n) is 13.9. The van der Waals surface area contributed by atoms with Gasteiger partial charge in [-0.1, -0.05) is 50.1 Å². The molecule has 1 aromatic rings. The number of benzene rings is 1. The van der Waals surface area contributed by atoms with Crippen LogP contribution in [0.3, 0.4) is 0 Å². The Balaban J connectivity index is 1.89. The number of nitrogens with one attached hydrogen (secondary N) is 1. The number of hydrogen-bond acceptors (Lipinski definition) is 2. The summed E-state index contributed by atoms with van der Waals surface area (Å²) < 4.78 is 0. The Morgan fingerprint density at radius 1 is 1.19 bits per heavy atom. The molecule has 1 aromatic carbocycles. The zero-order valence-corrected chi connectivity index (χ0v) is 13.9. The standard InChI is InChI=1S/C19H30N2/c1-4-18(2,3)21-15-19(12-8-9-13-19)20-14-17(21)16-10-6-5-7-11-16/h5-7,10-11,17,20H,4,8-9,12-15H2,1-3H3. The van der Waals surface area contributed by atoms with Gasteiger partial charge in [0.25, 0.3) is 0 Å². The molecule has 2 heteroatoms. The van der Waals surface area contributed by atoms with Crippen LogP contribution in [0, 0.1) is 0 Å². The van der Waals surface area contributed by atoms with E-state index in [4.69, 9.17) is 0 Å². The quantitative estimate of drug-likeness (QED) is 0.898. The lowest BCUT2D eigenvalue weighted by atomic mass is 9.85. The third-order valence-electron chi connectivity index (χ3n) is 5.91. The van der Waals surface area contributed by atoms with E-state index in [0.29, 0.717) is 11.6 Å². The van der Waals surface area contributed by atoms with Gasteiger partial charge in [0, 0.05) is 30.2 Å². The predicted molar refractivity (Wildman–Crippen MR) is 89.5 cm³/mol. The molecule has 2 nitrogen and oxygen atoms in total. The summed E-state index contributed by atoms with van der Waals surface area (Å²) in [5, 5.41) is 3.93. The van der Waals surface area contributed by atoms with Crippen LogP contribution >= 0.6 is 0 Å². The van der Waals surface area contributed by atoms with E-state index in [-0.39, 0.29) is 5.54 Å². The maximum absolute atomic E-state index is 3.93. The van der Waals surface area contributed by atoms with Crippen molar-refractivity contribution in [2.24, 2.45) is 0 Å². The van der Waals surface area contributed by atoms with E-state index in [0.717, 1.165) is 6.54 Å². The lowest BCUT2D eigenvalue weighted by Crippen LogP contribution is -2.64. The maximum atomic E-state index is 3.93. The summed E-state index contributed by atoms with van der Waals surface area (Å²) in [6.45, 7) is 9.44. The molecule has 1 unspecified atom stereocenters. The van der Waals surface area contributed by atoms with Gasteiger partial charge in [0.1, 0.15) is 0 Å². The van der Waals surface area contributed by atoms with Crippen molar-refractivity contribution in [1.82, 2.24) is 10.2 Å². The molecule has 1 heterocycles. The van der Waals surface area contributed by atoms with Gasteiger partial charge in [-0.25, -0.2) is 0 Å². The molecule has 1 N–H and O–H groups in total. The van der Waals surface area contributed by atoms with Gasteiger partial charge in [-0.05, 0) is 38.7 Å². The topological polar surface area (TPSA) is 15.3 Å². The summed E-state index contributed by atoms with van der Waals surface area (Å²) in [5.74, 6) is 0. The molecule has 3 rings (SSSR count). The summed E-state index contributed by atoms with van der Waals surface area (Å²) in [6, 6.07) is 11.6. The third-order valence-corrected chi connectivity index (χ3v) is 5.91. The van der Waals surface area contributed by atoms with Gasteiger partial charge in [-0.3, -0.25) is 4.90 Å². The van der Waals surface area contributed by atoms with Crippen LogP contribution in [0.5, 0.6) is 0 Å². The van der Waals surface area contributed by atoms with Crippen LogP contribution in [0.15, 0.2) is 30.3 Å². The molecule has 0 radical (unpaired) electrons. The van der Waals surface area contributed by atoms with E-state index >= 15 is 0 Å². The Hall–Kier alpha value is -0.860. The highest BCUT2D eigenvalue weighted by Crippen LogP contribution is 2.40. The fraction of sp³-hybridized carbons (Fsp3) is 0.684. The average Bonchev–Trinajstić information content (AvgIpc) is 2.96. The van der Waals surface area contributed by atoms with E-state index in [2.05, 4.69) is 61.3 Å². The average molecular weight is 286 g/mol. The molecule has 1 aliphatic heterocycles. The fourth-order valence-electron chi connectivity index (χ4n) is 4.11. The predicted octanol–water partition coefficient (Wildman–Crippen LogP) is 4.13. The van der Waals surface area contributed by atoms with Gasteiger partial charge in [0.15, 0.2) is 0 Å². The Labute approximate surface area is 129 Å². The molecule has 0 bridgehead atoms. The van der Waals surface area contributed by atoms with Gasteiger partial charge in [-0.15, -0.1) is 0 Å². The highest BCUT2D eigenvalue weighted by Gasteiger charge is 2.45.